The predicted octanol–water partition coefficient (Wildman–Crippen LogP) is 2.24. The van der Waals surface area contributed by atoms with Crippen LogP contribution in [0.25, 0.3) is 6.08 Å². The van der Waals surface area contributed by atoms with E-state index in [1.165, 1.54) is 12.1 Å². The van der Waals surface area contributed by atoms with Crippen molar-refractivity contribution in [2.24, 2.45) is 0 Å². The van der Waals surface area contributed by atoms with Gasteiger partial charge in [-0.15, -0.1) is 0 Å². The van der Waals surface area contributed by atoms with Crippen LogP contribution in [0.3, 0.4) is 0 Å². The van der Waals surface area contributed by atoms with Gasteiger partial charge in [-0.2, -0.15) is 0 Å². The summed E-state index contributed by atoms with van der Waals surface area (Å²) in [5.74, 6) is -0.705. The molecule has 0 aliphatic rings. The minimum Gasteiger partial charge on any atom is -0.546 e. The number of carboxylic acid groups (broad SMARTS) is 1. The lowest BCUT2D eigenvalue weighted by molar-refractivity contribution is -0.307. The van der Waals surface area contributed by atoms with Gasteiger partial charge in [-0.1, -0.05) is 22.0 Å². The summed E-state index contributed by atoms with van der Waals surface area (Å²) in [7, 11) is 1.55. The van der Waals surface area contributed by atoms with E-state index in [2.05, 4.69) is 21.2 Å². The molecule has 25 heavy (non-hydrogen) atoms. The van der Waals surface area contributed by atoms with Gasteiger partial charge in [0.15, 0.2) is 0 Å². The number of ether oxygens (including phenoxy) is 2. The number of aliphatic carboxylic acids is 1. The molecule has 0 fully saturated rings. The van der Waals surface area contributed by atoms with Crippen LogP contribution >= 0.6 is 15.9 Å². The van der Waals surface area contributed by atoms with Gasteiger partial charge in [0.1, 0.15) is 18.1 Å². The number of carboxylic acids is 1. The molecule has 1 N–H and O–H groups in total. The average Bonchev–Trinajstić information content (AvgIpc) is 2.58. The third-order valence-electron chi connectivity index (χ3n) is 3.06. The Balaban J connectivity index is 2.04. The van der Waals surface area contributed by atoms with Gasteiger partial charge in [-0.25, -0.2) is 0 Å². The maximum absolute atomic E-state index is 12.1. The largest absolute Gasteiger partial charge is 0.546 e. The Labute approximate surface area is 153 Å². The summed E-state index contributed by atoms with van der Waals surface area (Å²) in [5, 5.41) is 13.1. The third kappa shape index (κ3) is 5.96. The Kier molecular flexibility index (Phi) is 6.59. The predicted molar refractivity (Wildman–Crippen MR) is 95.3 cm³/mol. The molecule has 0 saturated heterocycles. The molecule has 0 heterocycles. The van der Waals surface area contributed by atoms with E-state index in [4.69, 9.17) is 9.47 Å². The van der Waals surface area contributed by atoms with Crippen molar-refractivity contribution in [3.05, 3.63) is 58.6 Å². The van der Waals surface area contributed by atoms with E-state index < -0.39 is 12.6 Å². The number of anilines is 1. The molecule has 2 aromatic carbocycles. The highest BCUT2D eigenvalue weighted by Crippen LogP contribution is 2.24. The van der Waals surface area contributed by atoms with Crippen molar-refractivity contribution in [1.82, 2.24) is 0 Å². The van der Waals surface area contributed by atoms with E-state index in [9.17, 15) is 14.7 Å². The van der Waals surface area contributed by atoms with E-state index in [0.29, 0.717) is 17.2 Å². The van der Waals surface area contributed by atoms with Gasteiger partial charge in [0.25, 0.3) is 0 Å². The van der Waals surface area contributed by atoms with Crippen molar-refractivity contribution in [3.63, 3.8) is 0 Å². The number of amides is 1. The molecule has 2 aromatic rings. The van der Waals surface area contributed by atoms with Crippen LogP contribution < -0.4 is 19.9 Å². The Morgan fingerprint density at radius 1 is 1.24 bits per heavy atom. The quantitative estimate of drug-likeness (QED) is 0.714. The van der Waals surface area contributed by atoms with Gasteiger partial charge < -0.3 is 24.7 Å². The van der Waals surface area contributed by atoms with Crippen LogP contribution in [-0.4, -0.2) is 25.6 Å². The van der Waals surface area contributed by atoms with Crippen molar-refractivity contribution >= 4 is 39.6 Å². The first-order valence-corrected chi connectivity index (χ1v) is 8.02. The average molecular weight is 405 g/mol. The molecular weight excluding hydrogens is 390 g/mol. The fourth-order valence-corrected chi connectivity index (χ4v) is 2.37. The first kappa shape index (κ1) is 18.5. The molecule has 7 heteroatoms. The molecule has 0 aliphatic heterocycles. The standard InChI is InChI=1S/C18H16BrNO5/c1-24-16-7-6-13(19)9-12(16)5-8-17(21)20-14-3-2-4-15(10-14)25-11-18(22)23/h2-10H,11H2,1H3,(H,20,21)(H,22,23)/p-1/b8-5+. The van der Waals surface area contributed by atoms with Gasteiger partial charge in [-0.05, 0) is 36.4 Å². The van der Waals surface area contributed by atoms with Crippen molar-refractivity contribution in [1.29, 1.82) is 0 Å². The lowest BCUT2D eigenvalue weighted by Gasteiger charge is -2.09. The number of hydrogen-bond donors (Lipinski definition) is 1. The van der Waals surface area contributed by atoms with Crippen molar-refractivity contribution in [2.75, 3.05) is 19.0 Å². The summed E-state index contributed by atoms with van der Waals surface area (Å²) in [4.78, 5) is 22.5. The van der Waals surface area contributed by atoms with Gasteiger partial charge in [0, 0.05) is 27.9 Å². The number of methoxy groups -OCH3 is 1. The molecule has 6 nitrogen and oxygen atoms in total. The number of hydrogen-bond acceptors (Lipinski definition) is 5. The number of carbonyl (C=O) groups excluding carboxylic acids is 2. The fourth-order valence-electron chi connectivity index (χ4n) is 1.99. The molecule has 2 rings (SSSR count). The molecule has 0 saturated carbocycles. The molecular formula is C18H15BrNO5-. The Bertz CT molecular complexity index is 804. The molecule has 0 aliphatic carbocycles. The minimum absolute atomic E-state index is 0.319. The van der Waals surface area contributed by atoms with E-state index >= 15 is 0 Å². The monoisotopic (exact) mass is 404 g/mol. The highest BCUT2D eigenvalue weighted by atomic mass is 79.9. The topological polar surface area (TPSA) is 87.7 Å². The van der Waals surface area contributed by atoms with Crippen LogP contribution in [0.15, 0.2) is 53.0 Å². The summed E-state index contributed by atoms with van der Waals surface area (Å²) in [5.41, 5.74) is 1.23. The maximum atomic E-state index is 12.1. The molecule has 0 bridgehead atoms. The normalized spacial score (nSPS) is 10.5. The molecule has 0 atom stereocenters. The van der Waals surface area contributed by atoms with Crippen LogP contribution in [0.2, 0.25) is 0 Å². The third-order valence-corrected chi connectivity index (χ3v) is 3.56. The zero-order valence-corrected chi connectivity index (χ0v) is 14.9. The van der Waals surface area contributed by atoms with Crippen LogP contribution in [0, 0.1) is 0 Å². The molecule has 130 valence electrons. The van der Waals surface area contributed by atoms with Gasteiger partial charge in [0.2, 0.25) is 5.91 Å². The zero-order chi connectivity index (χ0) is 18.2. The van der Waals surface area contributed by atoms with E-state index in [1.54, 1.807) is 37.5 Å². The Morgan fingerprint density at radius 2 is 2.04 bits per heavy atom. The van der Waals surface area contributed by atoms with Crippen molar-refractivity contribution in [3.8, 4) is 11.5 Å². The molecule has 0 aromatic heterocycles. The summed E-state index contributed by atoms with van der Waals surface area (Å²) in [6, 6.07) is 11.9. The number of benzene rings is 2. The van der Waals surface area contributed by atoms with Gasteiger partial charge in [0.05, 0.1) is 13.1 Å². The van der Waals surface area contributed by atoms with Crippen LogP contribution in [0.5, 0.6) is 11.5 Å². The molecule has 0 spiro atoms. The first-order valence-electron chi connectivity index (χ1n) is 7.23. The van der Waals surface area contributed by atoms with E-state index in [0.717, 1.165) is 10.0 Å². The highest BCUT2D eigenvalue weighted by molar-refractivity contribution is 9.10. The van der Waals surface area contributed by atoms with Gasteiger partial charge >= 0.3 is 0 Å². The zero-order valence-electron chi connectivity index (χ0n) is 13.3. The second-order valence-corrected chi connectivity index (χ2v) is 5.81. The van der Waals surface area contributed by atoms with Crippen LogP contribution in [0.1, 0.15) is 5.56 Å². The number of nitrogens with one attached hydrogen (secondary N) is 1. The summed E-state index contributed by atoms with van der Waals surface area (Å²) in [6.45, 7) is -0.556. The number of rotatable bonds is 7. The molecule has 0 radical (unpaired) electrons. The lowest BCUT2D eigenvalue weighted by Crippen LogP contribution is -2.28. The smallest absolute Gasteiger partial charge is 0.248 e. The summed E-state index contributed by atoms with van der Waals surface area (Å²) in [6.07, 6.45) is 3.01. The fraction of sp³-hybridized carbons (Fsp3) is 0.111. The van der Waals surface area contributed by atoms with Crippen molar-refractivity contribution < 1.29 is 24.2 Å². The SMILES string of the molecule is COc1ccc(Br)cc1/C=C/C(=O)Nc1cccc(OCC(=O)[O-])c1. The minimum atomic E-state index is -1.32. The second kappa shape index (κ2) is 8.89. The lowest BCUT2D eigenvalue weighted by atomic mass is 10.2. The second-order valence-electron chi connectivity index (χ2n) is 4.90. The van der Waals surface area contributed by atoms with E-state index in [1.807, 2.05) is 12.1 Å². The van der Waals surface area contributed by atoms with Crippen LogP contribution in [0.4, 0.5) is 5.69 Å². The summed E-state index contributed by atoms with van der Waals surface area (Å²) >= 11 is 3.37. The van der Waals surface area contributed by atoms with E-state index in [-0.39, 0.29) is 5.91 Å². The number of carbonyl (C=O) groups is 2. The van der Waals surface area contributed by atoms with Gasteiger partial charge in [-0.3, -0.25) is 4.79 Å². The maximum Gasteiger partial charge on any atom is 0.248 e. The number of halogens is 1. The summed E-state index contributed by atoms with van der Waals surface area (Å²) < 4.78 is 11.1. The van der Waals surface area contributed by atoms with Crippen molar-refractivity contribution in [2.45, 2.75) is 0 Å². The Morgan fingerprint density at radius 3 is 2.76 bits per heavy atom. The van der Waals surface area contributed by atoms with Crippen LogP contribution in [-0.2, 0) is 9.59 Å². The first-order chi connectivity index (χ1) is 12.0. The molecule has 0 unspecified atom stereocenters. The molecule has 1 amide bonds. The highest BCUT2D eigenvalue weighted by Gasteiger charge is 2.03. The Hall–Kier alpha value is -2.80.